The van der Waals surface area contributed by atoms with Crippen molar-refractivity contribution >= 4 is 51.9 Å². The number of anilines is 4. The minimum absolute atomic E-state index is 0.515. The van der Waals surface area contributed by atoms with Crippen molar-refractivity contribution < 1.29 is 0 Å². The number of aromatic nitrogens is 3. The molecule has 0 unspecified atom stereocenters. The Kier molecular flexibility index (Phi) is 5.43. The summed E-state index contributed by atoms with van der Waals surface area (Å²) in [7, 11) is 2.15. The molecule has 0 spiro atoms. The quantitative estimate of drug-likeness (QED) is 0.579. The molecule has 2 aliphatic rings. The monoisotopic (exact) mass is 451 g/mol. The van der Waals surface area contributed by atoms with E-state index in [0.717, 1.165) is 65.2 Å². The van der Waals surface area contributed by atoms with Gasteiger partial charge < -0.3 is 20.4 Å². The van der Waals surface area contributed by atoms with E-state index in [1.807, 2.05) is 42.7 Å². The second-order valence-electron chi connectivity index (χ2n) is 7.80. The predicted molar refractivity (Wildman–Crippen MR) is 130 cm³/mol. The smallest absolute Gasteiger partial charge is 0.227 e. The summed E-state index contributed by atoms with van der Waals surface area (Å²) in [5.74, 6) is 1.51. The maximum Gasteiger partial charge on any atom is 0.227 e. The number of hydrogen-bond donors (Lipinski definition) is 2. The maximum absolute atomic E-state index is 6.18. The number of rotatable bonds is 3. The van der Waals surface area contributed by atoms with Gasteiger partial charge in [-0.25, -0.2) is 15.0 Å². The SMILES string of the molecule is CN1CCN(c2ccc(Nc3ncc4c(n3)-c3ccc(Cl)cc3NC(=S)C4)cn2)CC1. The summed E-state index contributed by atoms with van der Waals surface area (Å²) in [6.07, 6.45) is 4.24. The van der Waals surface area contributed by atoms with E-state index in [1.165, 1.54) is 0 Å². The summed E-state index contributed by atoms with van der Waals surface area (Å²) < 4.78 is 0. The van der Waals surface area contributed by atoms with E-state index < -0.39 is 0 Å². The molecule has 5 rings (SSSR count). The number of likely N-dealkylation sites (N-methyl/N-ethyl adjacent to an activating group) is 1. The molecule has 2 N–H and O–H groups in total. The molecule has 9 heteroatoms. The van der Waals surface area contributed by atoms with E-state index in [2.05, 4.69) is 37.4 Å². The predicted octanol–water partition coefficient (Wildman–Crippen LogP) is 3.98. The fraction of sp³-hybridized carbons (Fsp3) is 0.273. The third kappa shape index (κ3) is 4.32. The average Bonchev–Trinajstić information content (AvgIpc) is 2.89. The average molecular weight is 452 g/mol. The first kappa shape index (κ1) is 20.1. The molecule has 7 nitrogen and oxygen atoms in total. The molecular formula is C22H22ClN7S. The molecule has 1 fully saturated rings. The molecular weight excluding hydrogens is 430 g/mol. The molecule has 31 heavy (non-hydrogen) atoms. The van der Waals surface area contributed by atoms with Crippen LogP contribution in [0, 0.1) is 0 Å². The summed E-state index contributed by atoms with van der Waals surface area (Å²) in [6.45, 7) is 4.08. The van der Waals surface area contributed by atoms with Crippen molar-refractivity contribution in [2.24, 2.45) is 0 Å². The van der Waals surface area contributed by atoms with Crippen molar-refractivity contribution in [3.8, 4) is 11.3 Å². The van der Waals surface area contributed by atoms with Gasteiger partial charge in [0.1, 0.15) is 5.82 Å². The van der Waals surface area contributed by atoms with Gasteiger partial charge in [0.05, 0.1) is 22.6 Å². The zero-order valence-corrected chi connectivity index (χ0v) is 18.7. The van der Waals surface area contributed by atoms with Crippen molar-refractivity contribution in [1.29, 1.82) is 0 Å². The Balaban J connectivity index is 1.39. The van der Waals surface area contributed by atoms with E-state index in [0.29, 0.717) is 17.4 Å². The Morgan fingerprint density at radius 1 is 1.06 bits per heavy atom. The molecule has 4 heterocycles. The first-order valence-corrected chi connectivity index (χ1v) is 11.0. The topological polar surface area (TPSA) is 69.2 Å². The first-order valence-electron chi connectivity index (χ1n) is 10.2. The molecule has 0 saturated carbocycles. The van der Waals surface area contributed by atoms with Crippen LogP contribution in [0.5, 0.6) is 0 Å². The summed E-state index contributed by atoms with van der Waals surface area (Å²) in [5.41, 5.74) is 4.48. The van der Waals surface area contributed by atoms with Crippen LogP contribution in [0.15, 0.2) is 42.7 Å². The molecule has 0 bridgehead atoms. The van der Waals surface area contributed by atoms with Gasteiger partial charge in [-0.3, -0.25) is 0 Å². The molecule has 0 amide bonds. The van der Waals surface area contributed by atoms with E-state index in [1.54, 1.807) is 0 Å². The lowest BCUT2D eigenvalue weighted by Gasteiger charge is -2.33. The number of thiocarbonyl (C=S) groups is 1. The van der Waals surface area contributed by atoms with Crippen LogP contribution in [0.4, 0.5) is 23.1 Å². The number of hydrogen-bond acceptors (Lipinski definition) is 7. The largest absolute Gasteiger partial charge is 0.354 e. The molecule has 0 radical (unpaired) electrons. The highest BCUT2D eigenvalue weighted by atomic mass is 35.5. The number of benzene rings is 1. The highest BCUT2D eigenvalue weighted by molar-refractivity contribution is 7.80. The van der Waals surface area contributed by atoms with Crippen LogP contribution < -0.4 is 15.5 Å². The van der Waals surface area contributed by atoms with Gasteiger partial charge in [0.15, 0.2) is 0 Å². The summed E-state index contributed by atoms with van der Waals surface area (Å²) >= 11 is 11.6. The van der Waals surface area contributed by atoms with Crippen LogP contribution in [0.1, 0.15) is 5.56 Å². The Hall–Kier alpha value is -2.81. The van der Waals surface area contributed by atoms with Gasteiger partial charge in [-0.05, 0) is 37.4 Å². The molecule has 1 saturated heterocycles. The molecule has 158 valence electrons. The number of piperazine rings is 1. The normalized spacial score (nSPS) is 16.2. The van der Waals surface area contributed by atoms with E-state index >= 15 is 0 Å². The van der Waals surface area contributed by atoms with Gasteiger partial charge in [-0.15, -0.1) is 0 Å². The second-order valence-corrected chi connectivity index (χ2v) is 8.73. The maximum atomic E-state index is 6.18. The number of fused-ring (bicyclic) bond motifs is 3. The molecule has 0 aliphatic carbocycles. The Bertz CT molecular complexity index is 1130. The number of halogens is 1. The highest BCUT2D eigenvalue weighted by Crippen LogP contribution is 2.35. The molecule has 3 aromatic rings. The third-order valence-corrected chi connectivity index (χ3v) is 6.04. The van der Waals surface area contributed by atoms with Crippen LogP contribution in [0.3, 0.4) is 0 Å². The van der Waals surface area contributed by atoms with Crippen molar-refractivity contribution in [2.45, 2.75) is 6.42 Å². The van der Waals surface area contributed by atoms with Crippen LogP contribution in [-0.2, 0) is 6.42 Å². The summed E-state index contributed by atoms with van der Waals surface area (Å²) in [4.78, 5) is 19.3. The van der Waals surface area contributed by atoms with Gasteiger partial charge >= 0.3 is 0 Å². The van der Waals surface area contributed by atoms with Gasteiger partial charge in [0, 0.05) is 60.6 Å². The van der Waals surface area contributed by atoms with Crippen LogP contribution >= 0.6 is 23.8 Å². The summed E-state index contributed by atoms with van der Waals surface area (Å²) in [6, 6.07) is 9.74. The lowest BCUT2D eigenvalue weighted by molar-refractivity contribution is 0.312. The zero-order valence-electron chi connectivity index (χ0n) is 17.1. The van der Waals surface area contributed by atoms with Gasteiger partial charge in [0.2, 0.25) is 5.95 Å². The summed E-state index contributed by atoms with van der Waals surface area (Å²) in [5, 5.41) is 7.18. The van der Waals surface area contributed by atoms with E-state index in [-0.39, 0.29) is 0 Å². The minimum Gasteiger partial charge on any atom is -0.354 e. The second kappa shape index (κ2) is 8.37. The lowest BCUT2D eigenvalue weighted by Crippen LogP contribution is -2.44. The van der Waals surface area contributed by atoms with Crippen molar-refractivity contribution in [3.05, 3.63) is 53.3 Å². The first-order chi connectivity index (χ1) is 15.0. The van der Waals surface area contributed by atoms with Crippen LogP contribution in [0.2, 0.25) is 5.02 Å². The number of nitrogens with zero attached hydrogens (tertiary/aromatic N) is 5. The standard InChI is InChI=1S/C22H22ClN7S/c1-29-6-8-30(9-7-29)19-5-3-16(13-24-19)26-22-25-12-14-10-20(31)27-18-11-15(23)2-4-17(18)21(14)28-22/h2-5,11-13H,6-10H2,1H3,(H,27,31)(H,25,26,28). The van der Waals surface area contributed by atoms with Crippen molar-refractivity contribution in [3.63, 3.8) is 0 Å². The van der Waals surface area contributed by atoms with Crippen LogP contribution in [-0.4, -0.2) is 58.1 Å². The molecule has 0 atom stereocenters. The van der Waals surface area contributed by atoms with E-state index in [9.17, 15) is 0 Å². The molecule has 2 aromatic heterocycles. The lowest BCUT2D eigenvalue weighted by atomic mass is 10.1. The Morgan fingerprint density at radius 3 is 2.68 bits per heavy atom. The third-order valence-electron chi connectivity index (χ3n) is 5.56. The van der Waals surface area contributed by atoms with Gasteiger partial charge in [0.25, 0.3) is 0 Å². The highest BCUT2D eigenvalue weighted by Gasteiger charge is 2.20. The Labute approximate surface area is 191 Å². The van der Waals surface area contributed by atoms with E-state index in [4.69, 9.17) is 28.8 Å². The number of nitrogens with one attached hydrogen (secondary N) is 2. The van der Waals surface area contributed by atoms with Gasteiger partial charge in [-0.1, -0.05) is 23.8 Å². The minimum atomic E-state index is 0.515. The fourth-order valence-corrected chi connectivity index (χ4v) is 4.27. The fourth-order valence-electron chi connectivity index (χ4n) is 3.84. The van der Waals surface area contributed by atoms with Crippen molar-refractivity contribution in [2.75, 3.05) is 48.8 Å². The number of pyridine rings is 1. The zero-order chi connectivity index (χ0) is 21.4. The van der Waals surface area contributed by atoms with Gasteiger partial charge in [-0.2, -0.15) is 0 Å². The Morgan fingerprint density at radius 2 is 1.90 bits per heavy atom. The molecule has 1 aromatic carbocycles. The molecule has 2 aliphatic heterocycles. The van der Waals surface area contributed by atoms with Crippen LogP contribution in [0.25, 0.3) is 11.3 Å². The van der Waals surface area contributed by atoms with Crippen molar-refractivity contribution in [1.82, 2.24) is 19.9 Å².